The van der Waals surface area contributed by atoms with Gasteiger partial charge in [-0.15, -0.1) is 5.10 Å². The molecule has 1 fully saturated rings. The largest absolute Gasteiger partial charge is 0.376 e. The molecule has 4 rings (SSSR count). The first-order valence-corrected chi connectivity index (χ1v) is 8.62. The summed E-state index contributed by atoms with van der Waals surface area (Å²) in [5.41, 5.74) is 2.88. The van der Waals surface area contributed by atoms with Crippen molar-refractivity contribution < 1.29 is 9.53 Å². The van der Waals surface area contributed by atoms with Crippen molar-refractivity contribution in [2.45, 2.75) is 32.4 Å². The highest BCUT2D eigenvalue weighted by atomic mass is 16.5. The molecule has 1 atom stereocenters. The summed E-state index contributed by atoms with van der Waals surface area (Å²) >= 11 is 0. The Morgan fingerprint density at radius 3 is 2.92 bits per heavy atom. The van der Waals surface area contributed by atoms with Crippen LogP contribution in [0.25, 0.3) is 5.69 Å². The standard InChI is InChI=1S/C18H20N6O2/c1-13-4-6-15(7-5-13)24-12-17(21-22-24)18(25)20-14-9-19-23(10-14)11-16-3-2-8-26-16/h4-7,9-10,12,16H,2-3,8,11H2,1H3,(H,20,25). The number of anilines is 1. The quantitative estimate of drug-likeness (QED) is 0.761. The summed E-state index contributed by atoms with van der Waals surface area (Å²) in [4.78, 5) is 12.4. The molecular formula is C18H20N6O2. The third-order valence-corrected chi connectivity index (χ3v) is 4.33. The number of benzene rings is 1. The van der Waals surface area contributed by atoms with Crippen molar-refractivity contribution in [3.63, 3.8) is 0 Å². The molecule has 134 valence electrons. The zero-order valence-electron chi connectivity index (χ0n) is 14.5. The van der Waals surface area contributed by atoms with Crippen LogP contribution in [0.1, 0.15) is 28.9 Å². The van der Waals surface area contributed by atoms with Crippen molar-refractivity contribution >= 4 is 11.6 Å². The summed E-state index contributed by atoms with van der Waals surface area (Å²) in [5, 5.41) is 15.0. The summed E-state index contributed by atoms with van der Waals surface area (Å²) in [7, 11) is 0. The molecule has 0 aliphatic carbocycles. The summed E-state index contributed by atoms with van der Waals surface area (Å²) in [6.07, 6.45) is 7.36. The smallest absolute Gasteiger partial charge is 0.277 e. The van der Waals surface area contributed by atoms with E-state index in [1.165, 1.54) is 0 Å². The van der Waals surface area contributed by atoms with E-state index in [2.05, 4.69) is 20.7 Å². The van der Waals surface area contributed by atoms with Crippen LogP contribution in [0.3, 0.4) is 0 Å². The topological polar surface area (TPSA) is 86.9 Å². The number of nitrogens with zero attached hydrogens (tertiary/aromatic N) is 5. The van der Waals surface area contributed by atoms with Gasteiger partial charge >= 0.3 is 0 Å². The molecule has 1 N–H and O–H groups in total. The maximum absolute atomic E-state index is 12.4. The lowest BCUT2D eigenvalue weighted by molar-refractivity contribution is 0.0940. The highest BCUT2D eigenvalue weighted by Gasteiger charge is 2.17. The SMILES string of the molecule is Cc1ccc(-n2cc(C(=O)Nc3cnn(CC4CCCO4)c3)nn2)cc1. The number of carbonyl (C=O) groups excluding carboxylic acids is 1. The van der Waals surface area contributed by atoms with Crippen LogP contribution in [0.5, 0.6) is 0 Å². The van der Waals surface area contributed by atoms with E-state index in [0.717, 1.165) is 30.7 Å². The van der Waals surface area contributed by atoms with E-state index in [1.807, 2.05) is 31.2 Å². The molecule has 0 saturated carbocycles. The van der Waals surface area contributed by atoms with Gasteiger partial charge in [0.15, 0.2) is 5.69 Å². The fraction of sp³-hybridized carbons (Fsp3) is 0.333. The Morgan fingerprint density at radius 1 is 1.31 bits per heavy atom. The van der Waals surface area contributed by atoms with E-state index >= 15 is 0 Å². The van der Waals surface area contributed by atoms with Crippen LogP contribution < -0.4 is 5.32 Å². The van der Waals surface area contributed by atoms with Gasteiger partial charge in [-0.1, -0.05) is 22.9 Å². The van der Waals surface area contributed by atoms with Gasteiger partial charge in [0.25, 0.3) is 5.91 Å². The molecule has 8 heteroatoms. The molecule has 1 saturated heterocycles. The average molecular weight is 352 g/mol. The second-order valence-electron chi connectivity index (χ2n) is 6.42. The number of nitrogens with one attached hydrogen (secondary N) is 1. The molecule has 1 aromatic carbocycles. The molecule has 1 aliphatic heterocycles. The molecule has 1 unspecified atom stereocenters. The third kappa shape index (κ3) is 3.65. The Labute approximate surface area is 150 Å². The number of aromatic nitrogens is 5. The van der Waals surface area contributed by atoms with Gasteiger partial charge in [0.2, 0.25) is 0 Å². The molecule has 0 bridgehead atoms. The van der Waals surface area contributed by atoms with Crippen LogP contribution in [-0.2, 0) is 11.3 Å². The summed E-state index contributed by atoms with van der Waals surface area (Å²) < 4.78 is 8.96. The van der Waals surface area contributed by atoms with Crippen LogP contribution in [0.4, 0.5) is 5.69 Å². The van der Waals surface area contributed by atoms with Gasteiger partial charge in [0.05, 0.1) is 36.4 Å². The normalized spacial score (nSPS) is 16.7. The molecule has 2 aromatic heterocycles. The van der Waals surface area contributed by atoms with Crippen LogP contribution in [0.2, 0.25) is 0 Å². The Bertz CT molecular complexity index is 893. The fourth-order valence-corrected chi connectivity index (χ4v) is 2.91. The van der Waals surface area contributed by atoms with Crippen molar-refractivity contribution in [2.75, 3.05) is 11.9 Å². The molecule has 1 amide bonds. The number of amides is 1. The predicted octanol–water partition coefficient (Wildman–Crippen LogP) is 2.20. The number of carbonyl (C=O) groups is 1. The van der Waals surface area contributed by atoms with E-state index in [9.17, 15) is 4.79 Å². The van der Waals surface area contributed by atoms with Crippen LogP contribution in [0, 0.1) is 6.92 Å². The minimum atomic E-state index is -0.319. The summed E-state index contributed by atoms with van der Waals surface area (Å²) in [6, 6.07) is 7.83. The molecular weight excluding hydrogens is 332 g/mol. The maximum atomic E-state index is 12.4. The second kappa shape index (κ2) is 7.09. The second-order valence-corrected chi connectivity index (χ2v) is 6.42. The van der Waals surface area contributed by atoms with Crippen molar-refractivity contribution in [1.29, 1.82) is 0 Å². The zero-order chi connectivity index (χ0) is 17.9. The van der Waals surface area contributed by atoms with E-state index in [1.54, 1.807) is 28.0 Å². The van der Waals surface area contributed by atoms with Crippen LogP contribution in [-0.4, -0.2) is 43.4 Å². The highest BCUT2D eigenvalue weighted by Crippen LogP contribution is 2.15. The van der Waals surface area contributed by atoms with Gasteiger partial charge in [-0.3, -0.25) is 9.48 Å². The summed E-state index contributed by atoms with van der Waals surface area (Å²) in [6.45, 7) is 3.52. The Balaban J connectivity index is 1.40. The van der Waals surface area contributed by atoms with Gasteiger partial charge in [0.1, 0.15) is 0 Å². The molecule has 0 spiro atoms. The molecule has 3 aromatic rings. The Morgan fingerprint density at radius 2 is 2.15 bits per heavy atom. The molecule has 26 heavy (non-hydrogen) atoms. The van der Waals surface area contributed by atoms with Gasteiger partial charge in [-0.2, -0.15) is 5.10 Å². The third-order valence-electron chi connectivity index (χ3n) is 4.33. The zero-order valence-corrected chi connectivity index (χ0v) is 14.5. The van der Waals surface area contributed by atoms with E-state index in [4.69, 9.17) is 4.74 Å². The summed E-state index contributed by atoms with van der Waals surface area (Å²) in [5.74, 6) is -0.319. The lowest BCUT2D eigenvalue weighted by Gasteiger charge is -2.08. The molecule has 1 aliphatic rings. The minimum Gasteiger partial charge on any atom is -0.376 e. The number of rotatable bonds is 5. The average Bonchev–Trinajstić information content (AvgIpc) is 3.38. The Kier molecular flexibility index (Phi) is 4.49. The van der Waals surface area contributed by atoms with Crippen LogP contribution in [0.15, 0.2) is 42.9 Å². The molecule has 0 radical (unpaired) electrons. The minimum absolute atomic E-state index is 0.202. The van der Waals surface area contributed by atoms with E-state index in [0.29, 0.717) is 12.2 Å². The number of aryl methyl sites for hydroxylation is 1. The van der Waals surface area contributed by atoms with Gasteiger partial charge in [0, 0.05) is 12.8 Å². The van der Waals surface area contributed by atoms with Crippen LogP contribution >= 0.6 is 0 Å². The predicted molar refractivity (Wildman–Crippen MR) is 95.3 cm³/mol. The van der Waals surface area contributed by atoms with Crippen molar-refractivity contribution in [2.24, 2.45) is 0 Å². The van der Waals surface area contributed by atoms with Crippen molar-refractivity contribution in [3.8, 4) is 5.69 Å². The number of hydrogen-bond acceptors (Lipinski definition) is 5. The van der Waals surface area contributed by atoms with Crippen molar-refractivity contribution in [1.82, 2.24) is 24.8 Å². The van der Waals surface area contributed by atoms with Gasteiger partial charge in [-0.05, 0) is 31.9 Å². The van der Waals surface area contributed by atoms with E-state index in [-0.39, 0.29) is 17.7 Å². The maximum Gasteiger partial charge on any atom is 0.277 e. The molecule has 3 heterocycles. The monoisotopic (exact) mass is 352 g/mol. The first-order valence-electron chi connectivity index (χ1n) is 8.62. The fourth-order valence-electron chi connectivity index (χ4n) is 2.91. The number of hydrogen-bond donors (Lipinski definition) is 1. The first kappa shape index (κ1) is 16.5. The number of ether oxygens (including phenoxy) is 1. The lowest BCUT2D eigenvalue weighted by Crippen LogP contribution is -2.15. The molecule has 8 nitrogen and oxygen atoms in total. The van der Waals surface area contributed by atoms with Gasteiger partial charge in [-0.25, -0.2) is 4.68 Å². The first-order chi connectivity index (χ1) is 12.7. The highest BCUT2D eigenvalue weighted by molar-refractivity contribution is 6.02. The van der Waals surface area contributed by atoms with Crippen molar-refractivity contribution in [3.05, 3.63) is 54.1 Å². The van der Waals surface area contributed by atoms with Gasteiger partial charge < -0.3 is 10.1 Å². The Hall–Kier alpha value is -3.00. The van der Waals surface area contributed by atoms with E-state index < -0.39 is 0 Å². The lowest BCUT2D eigenvalue weighted by atomic mass is 10.2.